The molecule has 4 rings (SSSR count). The number of sulfone groups is 1. The first kappa shape index (κ1) is 20.2. The fourth-order valence-corrected chi connectivity index (χ4v) is 4.60. The molecule has 3 aromatic rings. The summed E-state index contributed by atoms with van der Waals surface area (Å²) in [6, 6.07) is 22.9. The maximum Gasteiger partial charge on any atom is 0.255 e. The number of nitrogens with zero attached hydrogens (tertiary/aromatic N) is 1. The first-order valence-electron chi connectivity index (χ1n) is 9.88. The number of hydrogen-bond acceptors (Lipinski definition) is 4. The average Bonchev–Trinajstić information content (AvgIpc) is 3.12. The first-order chi connectivity index (χ1) is 14.4. The second kappa shape index (κ2) is 8.32. The molecular formula is C24H24N2O3S. The molecule has 0 aromatic heterocycles. The molecule has 1 aliphatic rings. The molecule has 1 amide bonds. The van der Waals surface area contributed by atoms with Crippen LogP contribution in [0.2, 0.25) is 0 Å². The number of nitrogens with one attached hydrogen (secondary N) is 1. The molecule has 0 aliphatic carbocycles. The van der Waals surface area contributed by atoms with Gasteiger partial charge in [0.25, 0.3) is 5.91 Å². The van der Waals surface area contributed by atoms with Crippen molar-refractivity contribution in [1.29, 1.82) is 0 Å². The number of fused-ring (bicyclic) bond motifs is 1. The van der Waals surface area contributed by atoms with Crippen LogP contribution >= 0.6 is 0 Å². The summed E-state index contributed by atoms with van der Waals surface area (Å²) < 4.78 is 22.9. The van der Waals surface area contributed by atoms with E-state index in [2.05, 4.69) is 34.5 Å². The monoisotopic (exact) mass is 420 g/mol. The quantitative estimate of drug-likeness (QED) is 0.653. The summed E-state index contributed by atoms with van der Waals surface area (Å²) in [7, 11) is -3.10. The second-order valence-electron chi connectivity index (χ2n) is 7.68. The van der Waals surface area contributed by atoms with Gasteiger partial charge < -0.3 is 10.2 Å². The van der Waals surface area contributed by atoms with E-state index in [1.807, 2.05) is 24.3 Å². The standard InChI is InChI=1S/C24H24N2O3S/c1-30(28,29)17-18-10-12-20(13-11-18)24(27)25-22-8-4-2-7-21(22)16-26-15-14-19-6-3-5-9-23(19)26/h2-13H,14-17H2,1H3,(H,25,27). The van der Waals surface area contributed by atoms with Crippen LogP contribution in [0.1, 0.15) is 27.0 Å². The lowest BCUT2D eigenvalue weighted by Crippen LogP contribution is -2.21. The summed E-state index contributed by atoms with van der Waals surface area (Å²) in [5, 5.41) is 3.01. The topological polar surface area (TPSA) is 66.5 Å². The van der Waals surface area contributed by atoms with Crippen molar-refractivity contribution in [1.82, 2.24) is 0 Å². The van der Waals surface area contributed by atoms with Crippen molar-refractivity contribution in [3.63, 3.8) is 0 Å². The molecule has 0 bridgehead atoms. The van der Waals surface area contributed by atoms with Crippen LogP contribution in [0.3, 0.4) is 0 Å². The van der Waals surface area contributed by atoms with Gasteiger partial charge in [-0.05, 0) is 47.4 Å². The molecule has 0 unspecified atom stereocenters. The highest BCUT2D eigenvalue weighted by Gasteiger charge is 2.19. The highest BCUT2D eigenvalue weighted by atomic mass is 32.2. The smallest absolute Gasteiger partial charge is 0.255 e. The number of amides is 1. The number of hydrogen-bond donors (Lipinski definition) is 1. The summed E-state index contributed by atoms with van der Waals surface area (Å²) in [6.45, 7) is 1.68. The molecule has 1 aliphatic heterocycles. The van der Waals surface area contributed by atoms with Crippen molar-refractivity contribution < 1.29 is 13.2 Å². The van der Waals surface area contributed by atoms with Gasteiger partial charge in [-0.1, -0.05) is 48.5 Å². The van der Waals surface area contributed by atoms with Crippen LogP contribution in [0.25, 0.3) is 0 Å². The second-order valence-corrected chi connectivity index (χ2v) is 9.82. The van der Waals surface area contributed by atoms with Crippen LogP contribution in [0, 0.1) is 0 Å². The van der Waals surface area contributed by atoms with Gasteiger partial charge in [0.2, 0.25) is 0 Å². The van der Waals surface area contributed by atoms with E-state index in [4.69, 9.17) is 0 Å². The maximum absolute atomic E-state index is 12.8. The summed E-state index contributed by atoms with van der Waals surface area (Å²) in [6.07, 6.45) is 2.23. The summed E-state index contributed by atoms with van der Waals surface area (Å²) >= 11 is 0. The lowest BCUT2D eigenvalue weighted by molar-refractivity contribution is 0.102. The van der Waals surface area contributed by atoms with E-state index in [1.54, 1.807) is 24.3 Å². The molecule has 0 saturated heterocycles. The highest BCUT2D eigenvalue weighted by molar-refractivity contribution is 7.89. The molecule has 154 valence electrons. The predicted molar refractivity (Wildman–Crippen MR) is 121 cm³/mol. The Morgan fingerprint density at radius 3 is 2.43 bits per heavy atom. The van der Waals surface area contributed by atoms with Crippen LogP contribution in [0.4, 0.5) is 11.4 Å². The van der Waals surface area contributed by atoms with Gasteiger partial charge in [0.05, 0.1) is 5.75 Å². The fourth-order valence-electron chi connectivity index (χ4n) is 3.81. The van der Waals surface area contributed by atoms with Crippen LogP contribution in [-0.4, -0.2) is 27.1 Å². The molecule has 0 spiro atoms. The third kappa shape index (κ3) is 4.71. The van der Waals surface area contributed by atoms with Gasteiger partial charge in [-0.2, -0.15) is 0 Å². The molecule has 0 fully saturated rings. The molecule has 1 N–H and O–H groups in total. The van der Waals surface area contributed by atoms with E-state index in [9.17, 15) is 13.2 Å². The average molecular weight is 421 g/mol. The van der Waals surface area contributed by atoms with Crippen molar-refractivity contribution in [2.24, 2.45) is 0 Å². The Balaban J connectivity index is 1.49. The van der Waals surface area contributed by atoms with Gasteiger partial charge >= 0.3 is 0 Å². The van der Waals surface area contributed by atoms with Crippen molar-refractivity contribution in [3.8, 4) is 0 Å². The van der Waals surface area contributed by atoms with Gasteiger partial charge in [0, 0.05) is 36.3 Å². The van der Waals surface area contributed by atoms with Crippen LogP contribution < -0.4 is 10.2 Å². The van der Waals surface area contributed by atoms with Gasteiger partial charge in [-0.3, -0.25) is 4.79 Å². The summed E-state index contributed by atoms with van der Waals surface area (Å²) in [4.78, 5) is 15.1. The minimum absolute atomic E-state index is 0.0327. The van der Waals surface area contributed by atoms with E-state index in [0.717, 1.165) is 30.8 Å². The lowest BCUT2D eigenvalue weighted by Gasteiger charge is -2.21. The number of rotatable bonds is 6. The number of anilines is 2. The Morgan fingerprint density at radius 2 is 1.67 bits per heavy atom. The van der Waals surface area contributed by atoms with Gasteiger partial charge in [0.15, 0.2) is 9.84 Å². The van der Waals surface area contributed by atoms with E-state index < -0.39 is 9.84 Å². The summed E-state index contributed by atoms with van der Waals surface area (Å²) in [5.74, 6) is -0.245. The molecule has 1 heterocycles. The van der Waals surface area contributed by atoms with E-state index in [0.29, 0.717) is 11.1 Å². The number of para-hydroxylation sites is 2. The third-order valence-corrected chi connectivity index (χ3v) is 6.11. The third-order valence-electron chi connectivity index (χ3n) is 5.26. The van der Waals surface area contributed by atoms with E-state index >= 15 is 0 Å². The molecule has 5 nitrogen and oxygen atoms in total. The lowest BCUT2D eigenvalue weighted by atomic mass is 10.1. The van der Waals surface area contributed by atoms with Crippen molar-refractivity contribution >= 4 is 27.1 Å². The van der Waals surface area contributed by atoms with Crippen LogP contribution in [0.5, 0.6) is 0 Å². The van der Waals surface area contributed by atoms with Crippen LogP contribution in [0.15, 0.2) is 72.8 Å². The normalized spacial score (nSPS) is 13.2. The van der Waals surface area contributed by atoms with Gasteiger partial charge in [0.1, 0.15) is 0 Å². The van der Waals surface area contributed by atoms with Gasteiger partial charge in [-0.15, -0.1) is 0 Å². The number of carbonyl (C=O) groups is 1. The molecule has 0 radical (unpaired) electrons. The molecular weight excluding hydrogens is 396 g/mol. The van der Waals surface area contributed by atoms with Crippen molar-refractivity contribution in [2.45, 2.75) is 18.7 Å². The molecule has 3 aromatic carbocycles. The van der Waals surface area contributed by atoms with Gasteiger partial charge in [-0.25, -0.2) is 8.42 Å². The highest BCUT2D eigenvalue weighted by Crippen LogP contribution is 2.30. The minimum Gasteiger partial charge on any atom is -0.367 e. The number of benzene rings is 3. The minimum atomic E-state index is -3.10. The SMILES string of the molecule is CS(=O)(=O)Cc1ccc(C(=O)Nc2ccccc2CN2CCc3ccccc32)cc1. The number of carbonyl (C=O) groups excluding carboxylic acids is 1. The summed E-state index contributed by atoms with van der Waals surface area (Å²) in [5.41, 5.74) is 5.60. The van der Waals surface area contributed by atoms with E-state index in [1.165, 1.54) is 17.5 Å². The largest absolute Gasteiger partial charge is 0.367 e. The Bertz CT molecular complexity index is 1170. The molecule has 0 saturated carbocycles. The van der Waals surface area contributed by atoms with Crippen molar-refractivity contribution in [3.05, 3.63) is 95.1 Å². The van der Waals surface area contributed by atoms with Crippen LogP contribution in [-0.2, 0) is 28.6 Å². The Hall–Kier alpha value is -3.12. The Kier molecular flexibility index (Phi) is 5.59. The predicted octanol–water partition coefficient (Wildman–Crippen LogP) is 4.05. The molecule has 0 atom stereocenters. The zero-order valence-corrected chi connectivity index (χ0v) is 17.7. The molecule has 30 heavy (non-hydrogen) atoms. The zero-order chi connectivity index (χ0) is 21.1. The van der Waals surface area contributed by atoms with Crippen molar-refractivity contribution in [2.75, 3.05) is 23.0 Å². The zero-order valence-electron chi connectivity index (χ0n) is 16.8. The maximum atomic E-state index is 12.8. The Labute approximate surface area is 177 Å². The first-order valence-corrected chi connectivity index (χ1v) is 11.9. The molecule has 6 heteroatoms. The van der Waals surface area contributed by atoms with E-state index in [-0.39, 0.29) is 11.7 Å². The fraction of sp³-hybridized carbons (Fsp3) is 0.208. The Morgan fingerprint density at radius 1 is 0.967 bits per heavy atom.